The quantitative estimate of drug-likeness (QED) is 0.328. The summed E-state index contributed by atoms with van der Waals surface area (Å²) in [6, 6.07) is 0. The number of rotatable bonds is 5. The molecule has 0 bridgehead atoms. The Labute approximate surface area is 61.5 Å². The van der Waals surface area contributed by atoms with E-state index in [0.717, 1.165) is 13.0 Å². The van der Waals surface area contributed by atoms with Crippen LogP contribution in [-0.2, 0) is 4.79 Å². The van der Waals surface area contributed by atoms with Crippen LogP contribution in [0.1, 0.15) is 13.3 Å². The largest absolute Gasteiger partial charge is 0.340 e. The Morgan fingerprint density at radius 2 is 2.40 bits per heavy atom. The van der Waals surface area contributed by atoms with Crippen molar-refractivity contribution in [3.63, 3.8) is 0 Å². The van der Waals surface area contributed by atoms with Gasteiger partial charge < -0.3 is 5.32 Å². The zero-order valence-corrected chi connectivity index (χ0v) is 6.31. The predicted octanol–water partition coefficient (Wildman–Crippen LogP) is 0.246. The summed E-state index contributed by atoms with van der Waals surface area (Å²) in [5.74, 6) is -0.136. The summed E-state index contributed by atoms with van der Waals surface area (Å²) < 4.78 is 0. The van der Waals surface area contributed by atoms with E-state index in [-0.39, 0.29) is 5.91 Å². The summed E-state index contributed by atoms with van der Waals surface area (Å²) in [6.07, 6.45) is 2.33. The van der Waals surface area contributed by atoms with E-state index in [4.69, 9.17) is 0 Å². The summed E-state index contributed by atoms with van der Waals surface area (Å²) in [5.41, 5.74) is 0. The second-order valence-corrected chi connectivity index (χ2v) is 1.92. The molecule has 0 saturated heterocycles. The van der Waals surface area contributed by atoms with Gasteiger partial charge in [-0.1, -0.05) is 13.5 Å². The molecule has 10 heavy (non-hydrogen) atoms. The van der Waals surface area contributed by atoms with Gasteiger partial charge in [-0.05, 0) is 19.0 Å². The van der Waals surface area contributed by atoms with Gasteiger partial charge in [0.25, 0.3) is 0 Å². The lowest BCUT2D eigenvalue weighted by Gasteiger charge is -2.01. The predicted molar refractivity (Wildman–Crippen MR) is 41.5 cm³/mol. The molecule has 0 aliphatic carbocycles. The molecule has 0 aromatic rings. The van der Waals surface area contributed by atoms with Gasteiger partial charge in [-0.3, -0.25) is 10.1 Å². The molecule has 3 heteroatoms. The van der Waals surface area contributed by atoms with Gasteiger partial charge in [-0.15, -0.1) is 0 Å². The van der Waals surface area contributed by atoms with Crippen LogP contribution in [0.2, 0.25) is 0 Å². The third-order valence-corrected chi connectivity index (χ3v) is 1.000. The van der Waals surface area contributed by atoms with Crippen LogP contribution in [-0.4, -0.2) is 19.1 Å². The standard InChI is InChI=1S/C7H14N2O/c1-3-5-8-6-9-7(10)4-2/h4,8H,2-3,5-6H2,1H3,(H,9,10). The molecule has 0 aromatic heterocycles. The van der Waals surface area contributed by atoms with Crippen LogP contribution in [0.3, 0.4) is 0 Å². The molecule has 0 atom stereocenters. The lowest BCUT2D eigenvalue weighted by Crippen LogP contribution is -2.32. The highest BCUT2D eigenvalue weighted by Crippen LogP contribution is 1.67. The van der Waals surface area contributed by atoms with Crippen molar-refractivity contribution >= 4 is 5.91 Å². The Balaban J connectivity index is 3.03. The van der Waals surface area contributed by atoms with Crippen molar-refractivity contribution < 1.29 is 4.79 Å². The van der Waals surface area contributed by atoms with Crippen molar-refractivity contribution in [2.75, 3.05) is 13.2 Å². The van der Waals surface area contributed by atoms with Crippen LogP contribution in [0.5, 0.6) is 0 Å². The first-order valence-corrected chi connectivity index (χ1v) is 3.42. The molecule has 58 valence electrons. The highest BCUT2D eigenvalue weighted by Gasteiger charge is 1.88. The van der Waals surface area contributed by atoms with E-state index in [2.05, 4.69) is 24.1 Å². The fraction of sp³-hybridized carbons (Fsp3) is 0.571. The molecule has 0 spiro atoms. The Kier molecular flexibility index (Phi) is 5.77. The summed E-state index contributed by atoms with van der Waals surface area (Å²) in [4.78, 5) is 10.5. The Morgan fingerprint density at radius 1 is 1.70 bits per heavy atom. The van der Waals surface area contributed by atoms with Gasteiger partial charge in [-0.2, -0.15) is 0 Å². The number of hydrogen-bond donors (Lipinski definition) is 2. The zero-order chi connectivity index (χ0) is 7.82. The number of nitrogens with one attached hydrogen (secondary N) is 2. The summed E-state index contributed by atoms with van der Waals surface area (Å²) in [6.45, 7) is 6.85. The van der Waals surface area contributed by atoms with E-state index < -0.39 is 0 Å². The third-order valence-electron chi connectivity index (χ3n) is 1.000. The second-order valence-electron chi connectivity index (χ2n) is 1.92. The van der Waals surface area contributed by atoms with Crippen LogP contribution < -0.4 is 10.6 Å². The lowest BCUT2D eigenvalue weighted by molar-refractivity contribution is -0.116. The van der Waals surface area contributed by atoms with Gasteiger partial charge in [0, 0.05) is 0 Å². The lowest BCUT2D eigenvalue weighted by atomic mass is 10.5. The monoisotopic (exact) mass is 142 g/mol. The molecule has 0 saturated carbocycles. The highest BCUT2D eigenvalue weighted by atomic mass is 16.1. The van der Waals surface area contributed by atoms with Crippen LogP contribution in [0.15, 0.2) is 12.7 Å². The smallest absolute Gasteiger partial charge is 0.244 e. The van der Waals surface area contributed by atoms with Crippen molar-refractivity contribution in [2.24, 2.45) is 0 Å². The van der Waals surface area contributed by atoms with Crippen LogP contribution in [0, 0.1) is 0 Å². The minimum Gasteiger partial charge on any atom is -0.340 e. The van der Waals surface area contributed by atoms with E-state index in [0.29, 0.717) is 6.67 Å². The van der Waals surface area contributed by atoms with Gasteiger partial charge in [-0.25, -0.2) is 0 Å². The Bertz CT molecular complexity index is 112. The van der Waals surface area contributed by atoms with Crippen molar-refractivity contribution in [1.82, 2.24) is 10.6 Å². The fourth-order valence-electron chi connectivity index (χ4n) is 0.487. The first kappa shape index (κ1) is 9.17. The maximum Gasteiger partial charge on any atom is 0.244 e. The van der Waals surface area contributed by atoms with Crippen molar-refractivity contribution in [3.8, 4) is 0 Å². The molecule has 0 aromatic carbocycles. The van der Waals surface area contributed by atoms with Gasteiger partial charge in [0.05, 0.1) is 6.67 Å². The first-order valence-electron chi connectivity index (χ1n) is 3.42. The van der Waals surface area contributed by atoms with E-state index in [1.54, 1.807) is 0 Å². The minimum atomic E-state index is -0.136. The molecule has 1 amide bonds. The molecule has 0 aliphatic heterocycles. The molecule has 0 unspecified atom stereocenters. The fourth-order valence-corrected chi connectivity index (χ4v) is 0.487. The van der Waals surface area contributed by atoms with E-state index in [1.165, 1.54) is 6.08 Å². The molecule has 0 heterocycles. The Morgan fingerprint density at radius 3 is 2.90 bits per heavy atom. The maximum atomic E-state index is 10.5. The van der Waals surface area contributed by atoms with Crippen LogP contribution in [0.4, 0.5) is 0 Å². The average molecular weight is 142 g/mol. The number of amides is 1. The van der Waals surface area contributed by atoms with Gasteiger partial charge in [0.1, 0.15) is 0 Å². The minimum absolute atomic E-state index is 0.136. The normalized spacial score (nSPS) is 8.90. The zero-order valence-electron chi connectivity index (χ0n) is 6.31. The molecule has 0 aliphatic rings. The van der Waals surface area contributed by atoms with Gasteiger partial charge >= 0.3 is 0 Å². The SMILES string of the molecule is C=CC(=O)NCNCCC. The third kappa shape index (κ3) is 5.31. The topological polar surface area (TPSA) is 41.1 Å². The van der Waals surface area contributed by atoms with E-state index in [9.17, 15) is 4.79 Å². The van der Waals surface area contributed by atoms with Gasteiger partial charge in [0.2, 0.25) is 5.91 Å². The number of hydrogen-bond acceptors (Lipinski definition) is 2. The molecule has 0 fully saturated rings. The molecule has 2 N–H and O–H groups in total. The molecule has 0 radical (unpaired) electrons. The molecule has 3 nitrogen and oxygen atoms in total. The highest BCUT2D eigenvalue weighted by molar-refractivity contribution is 5.86. The summed E-state index contributed by atoms with van der Waals surface area (Å²) in [5, 5.41) is 5.62. The Hall–Kier alpha value is -0.830. The van der Waals surface area contributed by atoms with E-state index >= 15 is 0 Å². The number of carbonyl (C=O) groups excluding carboxylic acids is 1. The van der Waals surface area contributed by atoms with E-state index in [1.807, 2.05) is 0 Å². The van der Waals surface area contributed by atoms with Crippen molar-refractivity contribution in [3.05, 3.63) is 12.7 Å². The number of carbonyl (C=O) groups is 1. The van der Waals surface area contributed by atoms with Crippen LogP contribution >= 0.6 is 0 Å². The first-order chi connectivity index (χ1) is 4.81. The molecule has 0 rings (SSSR count). The van der Waals surface area contributed by atoms with Crippen molar-refractivity contribution in [2.45, 2.75) is 13.3 Å². The maximum absolute atomic E-state index is 10.5. The average Bonchev–Trinajstić information content (AvgIpc) is 1.98. The van der Waals surface area contributed by atoms with Gasteiger partial charge in [0.15, 0.2) is 0 Å². The summed E-state index contributed by atoms with van der Waals surface area (Å²) in [7, 11) is 0. The van der Waals surface area contributed by atoms with Crippen LogP contribution in [0.25, 0.3) is 0 Å². The van der Waals surface area contributed by atoms with Crippen molar-refractivity contribution in [1.29, 1.82) is 0 Å². The molecular weight excluding hydrogens is 128 g/mol. The second kappa shape index (κ2) is 6.29. The molecular formula is C7H14N2O. The summed E-state index contributed by atoms with van der Waals surface area (Å²) >= 11 is 0.